The Bertz CT molecular complexity index is 1120. The van der Waals surface area contributed by atoms with Crippen molar-refractivity contribution in [2.24, 2.45) is 11.1 Å². The molecule has 29 heavy (non-hydrogen) atoms. The lowest BCUT2D eigenvalue weighted by Crippen LogP contribution is -2.42. The molecule has 1 atom stereocenters. The molecule has 148 valence electrons. The molecular formula is C22H19Br2N3OS. The highest BCUT2D eigenvalue weighted by molar-refractivity contribution is 9.11. The minimum Gasteiger partial charge on any atom is -0.384 e. The van der Waals surface area contributed by atoms with Crippen LogP contribution < -0.4 is 10.6 Å². The number of hydrogen-bond acceptors (Lipinski definition) is 5. The monoisotopic (exact) mass is 531 g/mol. The Labute approximate surface area is 191 Å². The van der Waals surface area contributed by atoms with Crippen molar-refractivity contribution in [3.8, 4) is 6.07 Å². The van der Waals surface area contributed by atoms with Gasteiger partial charge in [-0.1, -0.05) is 26.0 Å². The Morgan fingerprint density at radius 2 is 1.93 bits per heavy atom. The summed E-state index contributed by atoms with van der Waals surface area (Å²) in [5, 5.41) is 10.0. The molecule has 0 amide bonds. The summed E-state index contributed by atoms with van der Waals surface area (Å²) in [6.45, 7) is 4.20. The van der Waals surface area contributed by atoms with Crippen LogP contribution in [0.25, 0.3) is 0 Å². The molecule has 1 unspecified atom stereocenters. The summed E-state index contributed by atoms with van der Waals surface area (Å²) >= 11 is 8.65. The number of allylic oxidation sites excluding steroid dienone is 3. The van der Waals surface area contributed by atoms with Gasteiger partial charge in [-0.15, -0.1) is 11.3 Å². The summed E-state index contributed by atoms with van der Waals surface area (Å²) in [6.07, 6.45) is 1.16. The number of nitrogens with two attached hydrogens (primary N) is 1. The molecule has 0 spiro atoms. The van der Waals surface area contributed by atoms with E-state index >= 15 is 0 Å². The first kappa shape index (κ1) is 20.4. The zero-order chi connectivity index (χ0) is 20.9. The van der Waals surface area contributed by atoms with E-state index in [-0.39, 0.29) is 11.2 Å². The standard InChI is InChI=1S/C22H19Br2N3OS/c1-22(2)9-15-20(16(28)10-22)19(17-7-8-18(24)29-17)12(11-25)21(26)27(15)14-6-4-3-5-13(14)23/h3-8,19H,9-10,26H2,1-2H3. The van der Waals surface area contributed by atoms with Gasteiger partial charge in [0.05, 0.1) is 27.0 Å². The highest BCUT2D eigenvalue weighted by Crippen LogP contribution is 2.52. The van der Waals surface area contributed by atoms with Gasteiger partial charge in [0.15, 0.2) is 5.78 Å². The predicted molar refractivity (Wildman–Crippen MR) is 123 cm³/mol. The Kier molecular flexibility index (Phi) is 5.22. The van der Waals surface area contributed by atoms with Crippen LogP contribution in [0.1, 0.15) is 37.5 Å². The van der Waals surface area contributed by atoms with E-state index in [4.69, 9.17) is 5.73 Å². The number of Topliss-reactive ketones (excluding diaryl/α,β-unsaturated/α-hetero) is 1. The molecule has 0 bridgehead atoms. The molecule has 1 aliphatic heterocycles. The molecule has 4 nitrogen and oxygen atoms in total. The third-order valence-electron chi connectivity index (χ3n) is 5.35. The van der Waals surface area contributed by atoms with E-state index in [1.165, 1.54) is 11.3 Å². The second kappa shape index (κ2) is 7.42. The fraction of sp³-hybridized carbons (Fsp3) is 0.273. The van der Waals surface area contributed by atoms with Crippen LogP contribution in [0.4, 0.5) is 5.69 Å². The van der Waals surface area contributed by atoms with Gasteiger partial charge in [-0.2, -0.15) is 5.26 Å². The van der Waals surface area contributed by atoms with E-state index in [1.54, 1.807) is 0 Å². The predicted octanol–water partition coefficient (Wildman–Crippen LogP) is 6.21. The lowest BCUT2D eigenvalue weighted by Gasteiger charge is -2.43. The van der Waals surface area contributed by atoms with E-state index < -0.39 is 5.92 Å². The topological polar surface area (TPSA) is 70.1 Å². The molecule has 0 saturated heterocycles. The Morgan fingerprint density at radius 1 is 1.21 bits per heavy atom. The van der Waals surface area contributed by atoms with Crippen LogP contribution in [0.15, 0.2) is 67.3 Å². The van der Waals surface area contributed by atoms with Crippen LogP contribution in [-0.2, 0) is 4.79 Å². The van der Waals surface area contributed by atoms with Crippen LogP contribution in [0.3, 0.4) is 0 Å². The van der Waals surface area contributed by atoms with Crippen LogP contribution in [0.5, 0.6) is 0 Å². The molecule has 0 radical (unpaired) electrons. The summed E-state index contributed by atoms with van der Waals surface area (Å²) in [6, 6.07) is 14.0. The van der Waals surface area contributed by atoms with Gasteiger partial charge < -0.3 is 5.73 Å². The molecule has 1 aliphatic carbocycles. The van der Waals surface area contributed by atoms with Gasteiger partial charge in [0.1, 0.15) is 5.82 Å². The fourth-order valence-corrected chi connectivity index (χ4v) is 6.19. The molecule has 0 fully saturated rings. The molecule has 2 N–H and O–H groups in total. The molecule has 4 rings (SSSR count). The van der Waals surface area contributed by atoms with Crippen molar-refractivity contribution in [2.75, 3.05) is 4.90 Å². The normalized spacial score (nSPS) is 21.3. The molecule has 2 aromatic rings. The summed E-state index contributed by atoms with van der Waals surface area (Å²) < 4.78 is 1.82. The number of nitriles is 1. The maximum absolute atomic E-state index is 13.4. The highest BCUT2D eigenvalue weighted by atomic mass is 79.9. The van der Waals surface area contributed by atoms with E-state index in [9.17, 15) is 10.1 Å². The average Bonchev–Trinajstić information content (AvgIpc) is 3.07. The minimum atomic E-state index is -0.423. The summed E-state index contributed by atoms with van der Waals surface area (Å²) in [5.41, 5.74) is 9.28. The van der Waals surface area contributed by atoms with Crippen molar-refractivity contribution < 1.29 is 4.79 Å². The quantitative estimate of drug-likeness (QED) is 0.498. The van der Waals surface area contributed by atoms with E-state index in [2.05, 4.69) is 51.8 Å². The maximum Gasteiger partial charge on any atom is 0.162 e. The number of anilines is 1. The van der Waals surface area contributed by atoms with E-state index in [0.717, 1.165) is 24.5 Å². The van der Waals surface area contributed by atoms with Gasteiger partial charge in [0.25, 0.3) is 0 Å². The highest BCUT2D eigenvalue weighted by Gasteiger charge is 2.45. The van der Waals surface area contributed by atoms with Crippen LogP contribution in [0.2, 0.25) is 0 Å². The first-order valence-corrected chi connectivity index (χ1v) is 11.6. The third-order valence-corrected chi connectivity index (χ3v) is 7.71. The molecule has 1 aromatic carbocycles. The first-order valence-electron chi connectivity index (χ1n) is 9.19. The van der Waals surface area contributed by atoms with Crippen molar-refractivity contribution in [2.45, 2.75) is 32.6 Å². The van der Waals surface area contributed by atoms with Gasteiger partial charge in [-0.25, -0.2) is 0 Å². The van der Waals surface area contributed by atoms with Gasteiger partial charge in [-0.3, -0.25) is 9.69 Å². The molecular weight excluding hydrogens is 514 g/mol. The van der Waals surface area contributed by atoms with Crippen molar-refractivity contribution in [1.82, 2.24) is 0 Å². The first-order chi connectivity index (χ1) is 13.7. The Hall–Kier alpha value is -1.88. The smallest absolute Gasteiger partial charge is 0.162 e. The SMILES string of the molecule is CC1(C)CC(=O)C2=C(C1)N(c1ccccc1Br)C(N)=C(C#N)C2c1ccc(Br)s1. The maximum atomic E-state index is 13.4. The second-order valence-electron chi connectivity index (χ2n) is 8.07. The van der Waals surface area contributed by atoms with Crippen molar-refractivity contribution in [1.29, 1.82) is 5.26 Å². The van der Waals surface area contributed by atoms with E-state index in [1.807, 2.05) is 41.3 Å². The number of thiophene rings is 1. The molecule has 2 aliphatic rings. The Morgan fingerprint density at radius 3 is 2.55 bits per heavy atom. The molecule has 2 heterocycles. The van der Waals surface area contributed by atoms with Crippen molar-refractivity contribution in [3.63, 3.8) is 0 Å². The second-order valence-corrected chi connectivity index (χ2v) is 11.4. The van der Waals surface area contributed by atoms with Gasteiger partial charge in [0.2, 0.25) is 0 Å². The average molecular weight is 533 g/mol. The number of carbonyl (C=O) groups excluding carboxylic acids is 1. The zero-order valence-corrected chi connectivity index (χ0v) is 20.0. The Balaban J connectivity index is 2.02. The number of halogens is 2. The number of benzene rings is 1. The van der Waals surface area contributed by atoms with Crippen LogP contribution >= 0.6 is 43.2 Å². The fourth-order valence-electron chi connectivity index (χ4n) is 4.19. The van der Waals surface area contributed by atoms with E-state index in [0.29, 0.717) is 29.8 Å². The number of hydrogen-bond donors (Lipinski definition) is 1. The van der Waals surface area contributed by atoms with Crippen molar-refractivity contribution in [3.05, 3.63) is 72.2 Å². The minimum absolute atomic E-state index is 0.0862. The molecule has 0 saturated carbocycles. The third kappa shape index (κ3) is 3.48. The van der Waals surface area contributed by atoms with Gasteiger partial charge in [-0.05, 0) is 68.0 Å². The molecule has 7 heteroatoms. The summed E-state index contributed by atoms with van der Waals surface area (Å²) in [4.78, 5) is 16.2. The summed E-state index contributed by atoms with van der Waals surface area (Å²) in [5.74, 6) is 0.0508. The largest absolute Gasteiger partial charge is 0.384 e. The zero-order valence-electron chi connectivity index (χ0n) is 16.0. The number of para-hydroxylation sites is 1. The summed E-state index contributed by atoms with van der Waals surface area (Å²) in [7, 11) is 0. The molecule has 1 aromatic heterocycles. The van der Waals surface area contributed by atoms with Crippen LogP contribution in [-0.4, -0.2) is 5.78 Å². The number of ketones is 1. The number of nitrogens with zero attached hydrogens (tertiary/aromatic N) is 2. The number of carbonyl (C=O) groups is 1. The van der Waals surface area contributed by atoms with Gasteiger partial charge >= 0.3 is 0 Å². The lowest BCUT2D eigenvalue weighted by atomic mass is 9.69. The lowest BCUT2D eigenvalue weighted by molar-refractivity contribution is -0.118. The van der Waals surface area contributed by atoms with Crippen molar-refractivity contribution >= 4 is 54.7 Å². The van der Waals surface area contributed by atoms with Crippen LogP contribution in [0, 0.1) is 16.7 Å². The number of rotatable bonds is 2. The van der Waals surface area contributed by atoms with Gasteiger partial charge in [0, 0.05) is 27.0 Å².